The van der Waals surface area contributed by atoms with Gasteiger partial charge in [0.25, 0.3) is 0 Å². The first-order valence-electron chi connectivity index (χ1n) is 8.38. The zero-order chi connectivity index (χ0) is 19.1. The van der Waals surface area contributed by atoms with Crippen LogP contribution < -0.4 is 10.1 Å². The highest BCUT2D eigenvalue weighted by Gasteiger charge is 2.52. The Labute approximate surface area is 152 Å². The lowest BCUT2D eigenvalue weighted by Crippen LogP contribution is -2.56. The molecule has 0 saturated carbocycles. The van der Waals surface area contributed by atoms with Crippen molar-refractivity contribution in [2.24, 2.45) is 5.92 Å². The van der Waals surface area contributed by atoms with Crippen LogP contribution in [0.4, 0.5) is 0 Å². The molecule has 0 radical (unpaired) electrons. The minimum Gasteiger partial charge on any atom is -0.497 e. The highest BCUT2D eigenvalue weighted by atomic mass is 16.5. The van der Waals surface area contributed by atoms with E-state index in [1.165, 1.54) is 14.2 Å². The number of hydrogen-bond donors (Lipinski definition) is 1. The summed E-state index contributed by atoms with van der Waals surface area (Å²) in [6.45, 7) is 3.75. The number of methoxy groups -OCH3 is 3. The van der Waals surface area contributed by atoms with Gasteiger partial charge in [0.1, 0.15) is 5.75 Å². The van der Waals surface area contributed by atoms with E-state index in [0.29, 0.717) is 17.0 Å². The molecule has 3 rings (SSSR count). The molecule has 1 aromatic rings. The monoisotopic (exact) mass is 357 g/mol. The van der Waals surface area contributed by atoms with Crippen LogP contribution in [0, 0.1) is 5.92 Å². The number of carbonyl (C=O) groups is 2. The van der Waals surface area contributed by atoms with E-state index in [2.05, 4.69) is 5.32 Å². The highest BCUT2D eigenvalue weighted by Crippen LogP contribution is 2.48. The molecule has 6 heteroatoms. The molecule has 138 valence electrons. The molecule has 0 aromatic heterocycles. The first-order chi connectivity index (χ1) is 12.4. The molecule has 26 heavy (non-hydrogen) atoms. The van der Waals surface area contributed by atoms with Crippen LogP contribution >= 0.6 is 0 Å². The van der Waals surface area contributed by atoms with Gasteiger partial charge in [-0.15, -0.1) is 0 Å². The molecule has 2 bridgehead atoms. The maximum atomic E-state index is 12.8. The van der Waals surface area contributed by atoms with Crippen LogP contribution in [0.3, 0.4) is 0 Å². The second-order valence-electron chi connectivity index (χ2n) is 6.74. The molecule has 1 aromatic carbocycles. The predicted octanol–water partition coefficient (Wildman–Crippen LogP) is 2.40. The van der Waals surface area contributed by atoms with E-state index in [0.717, 1.165) is 11.1 Å². The van der Waals surface area contributed by atoms with Crippen LogP contribution in [0.25, 0.3) is 6.08 Å². The van der Waals surface area contributed by atoms with Gasteiger partial charge in [0, 0.05) is 11.6 Å². The average Bonchev–Trinajstić information content (AvgIpc) is 2.72. The number of benzene rings is 1. The Bertz CT molecular complexity index is 825. The van der Waals surface area contributed by atoms with E-state index in [9.17, 15) is 9.59 Å². The Morgan fingerprint density at radius 3 is 2.50 bits per heavy atom. The highest BCUT2D eigenvalue weighted by molar-refractivity contribution is 5.94. The van der Waals surface area contributed by atoms with Crippen molar-refractivity contribution >= 4 is 18.0 Å². The standard InChI is InChI=1S/C20H23NO5/c1-11-15(18(22)25-4)16-14-10-13(24-3)7-6-12(14)8-9-20(2,21-11)17(16)19(23)26-5/h6-10,16-17,21H,1-5H3/t16?,17-,20?/m1/s1. The Morgan fingerprint density at radius 1 is 1.15 bits per heavy atom. The van der Waals surface area contributed by atoms with E-state index in [1.807, 2.05) is 44.2 Å². The summed E-state index contributed by atoms with van der Waals surface area (Å²) >= 11 is 0. The van der Waals surface area contributed by atoms with Crippen molar-refractivity contribution in [2.45, 2.75) is 25.3 Å². The van der Waals surface area contributed by atoms with E-state index in [1.54, 1.807) is 7.11 Å². The molecule has 2 aliphatic rings. The third-order valence-corrected chi connectivity index (χ3v) is 5.25. The van der Waals surface area contributed by atoms with Gasteiger partial charge in [-0.1, -0.05) is 18.2 Å². The number of ether oxygens (including phenoxy) is 3. The predicted molar refractivity (Wildman–Crippen MR) is 96.5 cm³/mol. The second-order valence-corrected chi connectivity index (χ2v) is 6.74. The van der Waals surface area contributed by atoms with Gasteiger partial charge >= 0.3 is 11.9 Å². The largest absolute Gasteiger partial charge is 0.497 e. The fourth-order valence-electron chi connectivity index (χ4n) is 4.04. The molecule has 6 nitrogen and oxygen atoms in total. The van der Waals surface area contributed by atoms with Crippen molar-refractivity contribution in [3.63, 3.8) is 0 Å². The Hall–Kier alpha value is -2.76. The van der Waals surface area contributed by atoms with Gasteiger partial charge in [-0.3, -0.25) is 4.79 Å². The summed E-state index contributed by atoms with van der Waals surface area (Å²) in [5.74, 6) is -1.34. The number of carbonyl (C=O) groups excluding carboxylic acids is 2. The van der Waals surface area contributed by atoms with Crippen LogP contribution in [-0.2, 0) is 19.1 Å². The smallest absolute Gasteiger partial charge is 0.336 e. The van der Waals surface area contributed by atoms with Gasteiger partial charge in [-0.2, -0.15) is 0 Å². The summed E-state index contributed by atoms with van der Waals surface area (Å²) in [5, 5.41) is 3.32. The molecular weight excluding hydrogens is 334 g/mol. The van der Waals surface area contributed by atoms with E-state index < -0.39 is 23.3 Å². The molecular formula is C20H23NO5. The lowest BCUT2D eigenvalue weighted by Gasteiger charge is -2.44. The lowest BCUT2D eigenvalue weighted by atomic mass is 9.68. The average molecular weight is 357 g/mol. The summed E-state index contributed by atoms with van der Waals surface area (Å²) in [7, 11) is 4.28. The molecule has 1 heterocycles. The van der Waals surface area contributed by atoms with Crippen LogP contribution in [0.1, 0.15) is 30.9 Å². The number of fused-ring (bicyclic) bond motifs is 4. The molecule has 0 fully saturated rings. The number of nitrogens with one attached hydrogen (secondary N) is 1. The van der Waals surface area contributed by atoms with Gasteiger partial charge in [0.05, 0.1) is 38.4 Å². The minimum atomic E-state index is -0.703. The first kappa shape index (κ1) is 18.0. The fraction of sp³-hybridized carbons (Fsp3) is 0.400. The van der Waals surface area contributed by atoms with Crippen molar-refractivity contribution in [2.75, 3.05) is 21.3 Å². The molecule has 0 spiro atoms. The Morgan fingerprint density at radius 2 is 1.88 bits per heavy atom. The van der Waals surface area contributed by atoms with Crippen molar-refractivity contribution < 1.29 is 23.8 Å². The maximum absolute atomic E-state index is 12.8. The van der Waals surface area contributed by atoms with Crippen molar-refractivity contribution in [1.29, 1.82) is 0 Å². The molecule has 3 atom stereocenters. The Kier molecular flexibility index (Phi) is 4.52. The summed E-state index contributed by atoms with van der Waals surface area (Å²) in [5.41, 5.74) is 2.17. The van der Waals surface area contributed by atoms with Crippen molar-refractivity contribution in [3.8, 4) is 5.75 Å². The van der Waals surface area contributed by atoms with Gasteiger partial charge in [-0.05, 0) is 37.1 Å². The van der Waals surface area contributed by atoms with Crippen LogP contribution in [0.2, 0.25) is 0 Å². The third kappa shape index (κ3) is 2.66. The van der Waals surface area contributed by atoms with Gasteiger partial charge in [0.15, 0.2) is 0 Å². The van der Waals surface area contributed by atoms with E-state index >= 15 is 0 Å². The number of hydrogen-bond acceptors (Lipinski definition) is 6. The number of allylic oxidation sites excluding steroid dienone is 1. The fourth-order valence-corrected chi connectivity index (χ4v) is 4.04. The second kappa shape index (κ2) is 6.52. The topological polar surface area (TPSA) is 73.9 Å². The van der Waals surface area contributed by atoms with Crippen molar-refractivity contribution in [1.82, 2.24) is 5.32 Å². The van der Waals surface area contributed by atoms with E-state index in [4.69, 9.17) is 14.2 Å². The van der Waals surface area contributed by atoms with Gasteiger partial charge in [0.2, 0.25) is 0 Å². The number of rotatable bonds is 3. The normalized spacial score (nSPS) is 26.3. The Balaban J connectivity index is 2.34. The molecule has 0 amide bonds. The zero-order valence-electron chi connectivity index (χ0n) is 15.6. The number of esters is 2. The van der Waals surface area contributed by atoms with Crippen LogP contribution in [0.15, 0.2) is 35.5 Å². The summed E-state index contributed by atoms with van der Waals surface area (Å²) in [6.07, 6.45) is 3.92. The van der Waals surface area contributed by atoms with E-state index in [-0.39, 0.29) is 5.97 Å². The molecule has 1 aliphatic heterocycles. The maximum Gasteiger partial charge on any atom is 0.336 e. The third-order valence-electron chi connectivity index (χ3n) is 5.25. The zero-order valence-corrected chi connectivity index (χ0v) is 15.6. The van der Waals surface area contributed by atoms with Crippen molar-refractivity contribution in [3.05, 3.63) is 46.7 Å². The molecule has 0 saturated heterocycles. The summed E-state index contributed by atoms with van der Waals surface area (Å²) in [4.78, 5) is 25.4. The van der Waals surface area contributed by atoms with Crippen LogP contribution in [0.5, 0.6) is 5.75 Å². The minimum absolute atomic E-state index is 0.390. The summed E-state index contributed by atoms with van der Waals surface area (Å²) < 4.78 is 15.5. The van der Waals surface area contributed by atoms with Gasteiger partial charge < -0.3 is 19.5 Å². The first-order valence-corrected chi connectivity index (χ1v) is 8.38. The SMILES string of the molecule is COC(=O)C1=C(C)NC2(C)C=Cc3ccc(OC)cc3C1[C@@H]2C(=O)OC. The molecule has 1 N–H and O–H groups in total. The molecule has 1 aliphatic carbocycles. The summed E-state index contributed by atoms with van der Waals surface area (Å²) in [6, 6.07) is 5.65. The quantitative estimate of drug-likeness (QED) is 0.838. The lowest BCUT2D eigenvalue weighted by molar-refractivity contribution is -0.148. The van der Waals surface area contributed by atoms with Gasteiger partial charge in [-0.25, -0.2) is 4.79 Å². The van der Waals surface area contributed by atoms with Crippen LogP contribution in [-0.4, -0.2) is 38.8 Å². The molecule has 2 unspecified atom stereocenters.